The predicted molar refractivity (Wildman–Crippen MR) is 113 cm³/mol. The molecule has 6 heteroatoms. The van der Waals surface area contributed by atoms with Gasteiger partial charge in [-0.2, -0.15) is 0 Å². The molecule has 1 fully saturated rings. The van der Waals surface area contributed by atoms with Crippen LogP contribution >= 0.6 is 0 Å². The van der Waals surface area contributed by atoms with Gasteiger partial charge in [0, 0.05) is 36.7 Å². The number of anilines is 2. The number of aromatic nitrogens is 1. The minimum Gasteiger partial charge on any atom is -0.506 e. The van der Waals surface area contributed by atoms with Crippen molar-refractivity contribution in [2.75, 3.05) is 23.3 Å². The van der Waals surface area contributed by atoms with Crippen LogP contribution < -0.4 is 15.5 Å². The van der Waals surface area contributed by atoms with Crippen molar-refractivity contribution in [3.63, 3.8) is 0 Å². The van der Waals surface area contributed by atoms with E-state index in [9.17, 15) is 9.90 Å². The van der Waals surface area contributed by atoms with Gasteiger partial charge < -0.3 is 20.6 Å². The first-order valence-corrected chi connectivity index (χ1v) is 10.1. The van der Waals surface area contributed by atoms with Crippen LogP contribution in [0.3, 0.4) is 0 Å². The highest BCUT2D eigenvalue weighted by atomic mass is 16.3. The van der Waals surface area contributed by atoms with Gasteiger partial charge in [0.15, 0.2) is 0 Å². The lowest BCUT2D eigenvalue weighted by molar-refractivity contribution is -0.118. The average Bonchev–Trinajstić information content (AvgIpc) is 3.22. The molecule has 2 heterocycles. The Kier molecular flexibility index (Phi) is 6.87. The molecule has 0 radical (unpaired) electrons. The number of pyridine rings is 1. The Labute approximate surface area is 167 Å². The SMILES string of the molecule is CCCC(NCc1nc(C)ccc1O)C(=O)Nc1cccc(N2CCCC2)c1. The molecule has 1 aromatic carbocycles. The van der Waals surface area contributed by atoms with Crippen molar-refractivity contribution < 1.29 is 9.90 Å². The third-order valence-corrected chi connectivity index (χ3v) is 5.08. The number of hydrogen-bond donors (Lipinski definition) is 3. The number of carbonyl (C=O) groups is 1. The smallest absolute Gasteiger partial charge is 0.241 e. The number of benzene rings is 1. The van der Waals surface area contributed by atoms with Crippen LogP contribution in [0.25, 0.3) is 0 Å². The normalized spacial score (nSPS) is 14.9. The van der Waals surface area contributed by atoms with E-state index >= 15 is 0 Å². The van der Waals surface area contributed by atoms with Crippen molar-refractivity contribution >= 4 is 17.3 Å². The number of hydrogen-bond acceptors (Lipinski definition) is 5. The lowest BCUT2D eigenvalue weighted by Gasteiger charge is -2.20. The van der Waals surface area contributed by atoms with E-state index in [4.69, 9.17) is 0 Å². The summed E-state index contributed by atoms with van der Waals surface area (Å²) in [6, 6.07) is 11.1. The first-order chi connectivity index (χ1) is 13.6. The minimum absolute atomic E-state index is 0.0624. The van der Waals surface area contributed by atoms with Gasteiger partial charge in [-0.05, 0) is 56.5 Å². The van der Waals surface area contributed by atoms with E-state index in [0.29, 0.717) is 18.7 Å². The Bertz CT molecular complexity index is 803. The monoisotopic (exact) mass is 382 g/mol. The Morgan fingerprint density at radius 2 is 2.04 bits per heavy atom. The Hall–Kier alpha value is -2.60. The van der Waals surface area contributed by atoms with Crippen molar-refractivity contribution in [1.82, 2.24) is 10.3 Å². The van der Waals surface area contributed by atoms with Gasteiger partial charge >= 0.3 is 0 Å². The third kappa shape index (κ3) is 5.23. The average molecular weight is 383 g/mol. The second kappa shape index (κ2) is 9.55. The van der Waals surface area contributed by atoms with Gasteiger partial charge in [-0.1, -0.05) is 19.4 Å². The van der Waals surface area contributed by atoms with Crippen molar-refractivity contribution in [1.29, 1.82) is 0 Å². The third-order valence-electron chi connectivity index (χ3n) is 5.08. The standard InChI is InChI=1S/C22H30N4O2/c1-3-7-19(23-15-20-21(27)11-10-16(2)24-20)22(28)25-17-8-6-9-18(14-17)26-12-4-5-13-26/h6,8-11,14,19,23,27H,3-5,7,12-13,15H2,1-2H3,(H,25,28). The maximum Gasteiger partial charge on any atom is 0.241 e. The fourth-order valence-electron chi connectivity index (χ4n) is 3.55. The molecule has 6 nitrogen and oxygen atoms in total. The molecule has 28 heavy (non-hydrogen) atoms. The molecule has 0 spiro atoms. The van der Waals surface area contributed by atoms with Crippen LogP contribution in [-0.2, 0) is 11.3 Å². The summed E-state index contributed by atoms with van der Waals surface area (Å²) in [7, 11) is 0. The van der Waals surface area contributed by atoms with Crippen LogP contribution in [-0.4, -0.2) is 35.1 Å². The molecule has 0 bridgehead atoms. The fraction of sp³-hybridized carbons (Fsp3) is 0.455. The maximum absolute atomic E-state index is 12.8. The summed E-state index contributed by atoms with van der Waals surface area (Å²) in [4.78, 5) is 19.5. The van der Waals surface area contributed by atoms with Crippen LogP contribution in [0.2, 0.25) is 0 Å². The van der Waals surface area contributed by atoms with Gasteiger partial charge in [-0.15, -0.1) is 0 Å². The van der Waals surface area contributed by atoms with Crippen molar-refractivity contribution in [2.24, 2.45) is 0 Å². The summed E-state index contributed by atoms with van der Waals surface area (Å²) in [5, 5.41) is 16.3. The number of amides is 1. The van der Waals surface area contributed by atoms with Gasteiger partial charge in [0.2, 0.25) is 5.91 Å². The van der Waals surface area contributed by atoms with Gasteiger partial charge in [0.25, 0.3) is 0 Å². The molecule has 150 valence electrons. The van der Waals surface area contributed by atoms with Gasteiger partial charge in [-0.3, -0.25) is 9.78 Å². The van der Waals surface area contributed by atoms with Crippen LogP contribution in [0.5, 0.6) is 5.75 Å². The molecule has 3 rings (SSSR count). The molecule has 1 aliphatic rings. The molecule has 1 aliphatic heterocycles. The lowest BCUT2D eigenvalue weighted by Crippen LogP contribution is -2.40. The Morgan fingerprint density at radius 1 is 1.25 bits per heavy atom. The van der Waals surface area contributed by atoms with Crippen LogP contribution in [0.4, 0.5) is 11.4 Å². The molecule has 3 N–H and O–H groups in total. The molecule has 1 aromatic heterocycles. The number of carbonyl (C=O) groups excluding carboxylic acids is 1. The summed E-state index contributed by atoms with van der Waals surface area (Å²) in [6.45, 7) is 6.43. The fourth-order valence-corrected chi connectivity index (χ4v) is 3.55. The van der Waals surface area contributed by atoms with Gasteiger partial charge in [-0.25, -0.2) is 0 Å². The highest BCUT2D eigenvalue weighted by Crippen LogP contribution is 2.23. The van der Waals surface area contributed by atoms with E-state index in [1.807, 2.05) is 25.1 Å². The Balaban J connectivity index is 1.64. The van der Waals surface area contributed by atoms with Crippen LogP contribution in [0.1, 0.15) is 44.0 Å². The number of rotatable bonds is 8. The summed E-state index contributed by atoms with van der Waals surface area (Å²) < 4.78 is 0. The first kappa shape index (κ1) is 20.1. The first-order valence-electron chi connectivity index (χ1n) is 10.1. The van der Waals surface area contributed by atoms with Crippen molar-refractivity contribution in [3.05, 3.63) is 47.8 Å². The second-order valence-electron chi connectivity index (χ2n) is 7.37. The van der Waals surface area contributed by atoms with Crippen LogP contribution in [0, 0.1) is 6.92 Å². The minimum atomic E-state index is -0.345. The summed E-state index contributed by atoms with van der Waals surface area (Å²) in [5.74, 6) is 0.0830. The van der Waals surface area contributed by atoms with E-state index in [1.165, 1.54) is 12.8 Å². The topological polar surface area (TPSA) is 77.5 Å². The molecule has 1 unspecified atom stereocenters. The maximum atomic E-state index is 12.8. The number of aromatic hydroxyl groups is 1. The quantitative estimate of drug-likeness (QED) is 0.650. The molecule has 1 amide bonds. The van der Waals surface area contributed by atoms with E-state index in [-0.39, 0.29) is 17.7 Å². The molecule has 0 aliphatic carbocycles. The number of nitrogens with one attached hydrogen (secondary N) is 2. The van der Waals surface area contributed by atoms with Crippen molar-refractivity contribution in [3.8, 4) is 5.75 Å². The van der Waals surface area contributed by atoms with Gasteiger partial charge in [0.1, 0.15) is 5.75 Å². The summed E-state index contributed by atoms with van der Waals surface area (Å²) >= 11 is 0. The van der Waals surface area contributed by atoms with Crippen LogP contribution in [0.15, 0.2) is 36.4 Å². The summed E-state index contributed by atoms with van der Waals surface area (Å²) in [6.07, 6.45) is 4.04. The largest absolute Gasteiger partial charge is 0.506 e. The van der Waals surface area contributed by atoms with Gasteiger partial charge in [0.05, 0.1) is 11.7 Å². The zero-order valence-corrected chi connectivity index (χ0v) is 16.7. The Morgan fingerprint density at radius 3 is 2.79 bits per heavy atom. The highest BCUT2D eigenvalue weighted by molar-refractivity contribution is 5.95. The van der Waals surface area contributed by atoms with E-state index in [1.54, 1.807) is 12.1 Å². The molecular weight excluding hydrogens is 352 g/mol. The second-order valence-corrected chi connectivity index (χ2v) is 7.37. The lowest BCUT2D eigenvalue weighted by atomic mass is 10.1. The summed E-state index contributed by atoms with van der Waals surface area (Å²) in [5.41, 5.74) is 3.37. The molecule has 1 saturated heterocycles. The molecule has 0 saturated carbocycles. The van der Waals surface area contributed by atoms with E-state index in [0.717, 1.165) is 36.6 Å². The predicted octanol–water partition coefficient (Wildman–Crippen LogP) is 3.59. The number of nitrogens with zero attached hydrogens (tertiary/aromatic N) is 2. The molecule has 1 atom stereocenters. The zero-order chi connectivity index (χ0) is 19.9. The molecule has 2 aromatic rings. The van der Waals surface area contributed by atoms with E-state index in [2.05, 4.69) is 33.5 Å². The zero-order valence-electron chi connectivity index (χ0n) is 16.7. The number of aryl methyl sites for hydroxylation is 1. The van der Waals surface area contributed by atoms with E-state index < -0.39 is 0 Å². The van der Waals surface area contributed by atoms with Crippen molar-refractivity contribution in [2.45, 2.75) is 52.1 Å². The highest BCUT2D eigenvalue weighted by Gasteiger charge is 2.19. The molecular formula is C22H30N4O2.